The Bertz CT molecular complexity index is 370. The number of hydrogen-bond donors (Lipinski definition) is 0. The number of ether oxygens (including phenoxy) is 1. The van der Waals surface area contributed by atoms with Crippen LogP contribution in [0.25, 0.3) is 0 Å². The largest absolute Gasteiger partial charge is 0.381 e. The molecule has 2 heterocycles. The van der Waals surface area contributed by atoms with Gasteiger partial charge in [0.1, 0.15) is 0 Å². The van der Waals surface area contributed by atoms with Crippen molar-refractivity contribution in [3.05, 3.63) is 29.1 Å². The number of pyridine rings is 1. The molecule has 0 amide bonds. The first-order valence-corrected chi connectivity index (χ1v) is 6.42. The van der Waals surface area contributed by atoms with Gasteiger partial charge in [0, 0.05) is 24.8 Å². The highest BCUT2D eigenvalue weighted by atomic mass is 16.5. The van der Waals surface area contributed by atoms with Gasteiger partial charge in [-0.25, -0.2) is 0 Å². The third-order valence-corrected chi connectivity index (χ3v) is 3.26. The summed E-state index contributed by atoms with van der Waals surface area (Å²) in [7, 11) is 4.18. The molecule has 0 aromatic carbocycles. The number of hydrogen-bond acceptors (Lipinski definition) is 3. The second-order valence-corrected chi connectivity index (χ2v) is 4.99. The lowest BCUT2D eigenvalue weighted by Gasteiger charge is -2.17. The number of nitrogens with zero attached hydrogens (tertiary/aromatic N) is 2. The predicted molar refractivity (Wildman–Crippen MR) is 69.2 cm³/mol. The van der Waals surface area contributed by atoms with Crippen molar-refractivity contribution in [2.24, 2.45) is 0 Å². The Balaban J connectivity index is 2.28. The van der Waals surface area contributed by atoms with Crippen LogP contribution < -0.4 is 0 Å². The Kier molecular flexibility index (Phi) is 4.13. The van der Waals surface area contributed by atoms with Gasteiger partial charge in [0.15, 0.2) is 0 Å². The first-order valence-electron chi connectivity index (χ1n) is 6.42. The van der Waals surface area contributed by atoms with Crippen molar-refractivity contribution in [2.75, 3.05) is 27.3 Å². The van der Waals surface area contributed by atoms with E-state index in [9.17, 15) is 0 Å². The summed E-state index contributed by atoms with van der Waals surface area (Å²) in [6.07, 6.45) is 2.13. The minimum absolute atomic E-state index is 0.545. The normalized spacial score (nSPS) is 20.1. The van der Waals surface area contributed by atoms with Crippen molar-refractivity contribution in [1.82, 2.24) is 9.88 Å². The fraction of sp³-hybridized carbons (Fsp3) is 0.643. The zero-order valence-corrected chi connectivity index (χ0v) is 11.1. The molecule has 0 saturated carbocycles. The van der Waals surface area contributed by atoms with E-state index in [1.165, 1.54) is 17.0 Å². The molecule has 94 valence electrons. The highest BCUT2D eigenvalue weighted by Crippen LogP contribution is 2.28. The van der Waals surface area contributed by atoms with Crippen molar-refractivity contribution < 1.29 is 4.74 Å². The molecule has 1 saturated heterocycles. The van der Waals surface area contributed by atoms with E-state index in [2.05, 4.69) is 38.1 Å². The monoisotopic (exact) mass is 234 g/mol. The van der Waals surface area contributed by atoms with Gasteiger partial charge in [-0.1, -0.05) is 13.0 Å². The molecule has 1 aromatic rings. The van der Waals surface area contributed by atoms with Gasteiger partial charge in [-0.3, -0.25) is 4.98 Å². The van der Waals surface area contributed by atoms with E-state index in [1.807, 2.05) is 0 Å². The average molecular weight is 234 g/mol. The quantitative estimate of drug-likeness (QED) is 0.798. The van der Waals surface area contributed by atoms with Gasteiger partial charge in [0.2, 0.25) is 0 Å². The topological polar surface area (TPSA) is 25.4 Å². The van der Waals surface area contributed by atoms with E-state index in [1.54, 1.807) is 0 Å². The highest BCUT2D eigenvalue weighted by Gasteiger charge is 2.21. The van der Waals surface area contributed by atoms with Crippen LogP contribution in [0.2, 0.25) is 0 Å². The smallest absolute Gasteiger partial charge is 0.0582 e. The second-order valence-electron chi connectivity index (χ2n) is 4.99. The van der Waals surface area contributed by atoms with Crippen LogP contribution in [0, 0.1) is 0 Å². The molecular weight excluding hydrogens is 212 g/mol. The molecule has 1 fully saturated rings. The summed E-state index contributed by atoms with van der Waals surface area (Å²) in [5.74, 6) is 0.545. The van der Waals surface area contributed by atoms with E-state index in [-0.39, 0.29) is 0 Å². The molecule has 1 aliphatic rings. The van der Waals surface area contributed by atoms with Crippen molar-refractivity contribution in [1.29, 1.82) is 0 Å². The maximum Gasteiger partial charge on any atom is 0.0582 e. The number of rotatable bonds is 4. The van der Waals surface area contributed by atoms with Crippen LogP contribution in [0.3, 0.4) is 0 Å². The molecule has 0 unspecified atom stereocenters. The van der Waals surface area contributed by atoms with Gasteiger partial charge in [0.25, 0.3) is 0 Å². The second kappa shape index (κ2) is 5.61. The van der Waals surface area contributed by atoms with E-state index in [4.69, 9.17) is 9.72 Å². The standard InChI is InChI=1S/C14H22N2O/c1-4-12-5-6-13(11-7-8-17-10-11)14(15-12)9-16(2)3/h5-6,11H,4,7-10H2,1-3H3/t11-/m1/s1. The van der Waals surface area contributed by atoms with Crippen LogP contribution in [0.1, 0.15) is 36.2 Å². The zero-order valence-electron chi connectivity index (χ0n) is 11.1. The van der Waals surface area contributed by atoms with E-state index in [0.717, 1.165) is 32.6 Å². The van der Waals surface area contributed by atoms with Crippen LogP contribution in [0.5, 0.6) is 0 Å². The summed E-state index contributed by atoms with van der Waals surface area (Å²) in [4.78, 5) is 6.96. The SMILES string of the molecule is CCc1ccc([C@@H]2CCOC2)c(CN(C)C)n1. The molecule has 0 aliphatic carbocycles. The van der Waals surface area contributed by atoms with Crippen LogP contribution in [-0.4, -0.2) is 37.2 Å². The van der Waals surface area contributed by atoms with Crippen LogP contribution >= 0.6 is 0 Å². The third kappa shape index (κ3) is 3.05. The highest BCUT2D eigenvalue weighted by molar-refractivity contribution is 5.27. The minimum Gasteiger partial charge on any atom is -0.381 e. The van der Waals surface area contributed by atoms with Gasteiger partial charge in [-0.15, -0.1) is 0 Å². The minimum atomic E-state index is 0.545. The summed E-state index contributed by atoms with van der Waals surface area (Å²) in [6, 6.07) is 4.41. The molecular formula is C14H22N2O. The van der Waals surface area contributed by atoms with E-state index in [0.29, 0.717) is 5.92 Å². The fourth-order valence-corrected chi connectivity index (χ4v) is 2.33. The van der Waals surface area contributed by atoms with E-state index >= 15 is 0 Å². The lowest BCUT2D eigenvalue weighted by atomic mass is 9.96. The molecule has 0 bridgehead atoms. The summed E-state index contributed by atoms with van der Waals surface area (Å²) >= 11 is 0. The van der Waals surface area contributed by atoms with Crippen molar-refractivity contribution >= 4 is 0 Å². The maximum atomic E-state index is 5.49. The lowest BCUT2D eigenvalue weighted by molar-refractivity contribution is 0.193. The molecule has 0 N–H and O–H groups in total. The molecule has 17 heavy (non-hydrogen) atoms. The molecule has 0 spiro atoms. The Labute approximate surface area is 104 Å². The maximum absolute atomic E-state index is 5.49. The first-order chi connectivity index (χ1) is 8.20. The zero-order chi connectivity index (χ0) is 12.3. The molecule has 1 aromatic heterocycles. The lowest BCUT2D eigenvalue weighted by Crippen LogP contribution is -2.16. The summed E-state index contributed by atoms with van der Waals surface area (Å²) in [5.41, 5.74) is 3.79. The molecule has 2 rings (SSSR count). The average Bonchev–Trinajstić information content (AvgIpc) is 2.81. The Morgan fingerprint density at radius 3 is 2.82 bits per heavy atom. The number of aromatic nitrogens is 1. The predicted octanol–water partition coefficient (Wildman–Crippen LogP) is 2.21. The summed E-state index contributed by atoms with van der Waals surface area (Å²) < 4.78 is 5.49. The molecule has 0 radical (unpaired) electrons. The van der Waals surface area contributed by atoms with Gasteiger partial charge in [-0.05, 0) is 38.6 Å². The van der Waals surface area contributed by atoms with Crippen LogP contribution in [-0.2, 0) is 17.7 Å². The van der Waals surface area contributed by atoms with Crippen LogP contribution in [0.15, 0.2) is 12.1 Å². The van der Waals surface area contributed by atoms with Crippen molar-refractivity contribution in [3.63, 3.8) is 0 Å². The Morgan fingerprint density at radius 1 is 1.41 bits per heavy atom. The summed E-state index contributed by atoms with van der Waals surface area (Å²) in [6.45, 7) is 4.81. The van der Waals surface area contributed by atoms with Gasteiger partial charge in [0.05, 0.1) is 12.3 Å². The summed E-state index contributed by atoms with van der Waals surface area (Å²) in [5, 5.41) is 0. The molecule has 1 atom stereocenters. The Hall–Kier alpha value is -0.930. The van der Waals surface area contributed by atoms with Crippen molar-refractivity contribution in [3.8, 4) is 0 Å². The molecule has 3 nitrogen and oxygen atoms in total. The van der Waals surface area contributed by atoms with Gasteiger partial charge >= 0.3 is 0 Å². The fourth-order valence-electron chi connectivity index (χ4n) is 2.33. The third-order valence-electron chi connectivity index (χ3n) is 3.26. The van der Waals surface area contributed by atoms with Crippen LogP contribution in [0.4, 0.5) is 0 Å². The first kappa shape index (κ1) is 12.5. The number of aryl methyl sites for hydroxylation is 1. The Morgan fingerprint density at radius 2 is 2.24 bits per heavy atom. The van der Waals surface area contributed by atoms with Gasteiger partial charge in [-0.2, -0.15) is 0 Å². The molecule has 3 heteroatoms. The van der Waals surface area contributed by atoms with E-state index < -0.39 is 0 Å². The molecule has 1 aliphatic heterocycles. The van der Waals surface area contributed by atoms with Gasteiger partial charge < -0.3 is 9.64 Å². The van der Waals surface area contributed by atoms with Crippen molar-refractivity contribution in [2.45, 2.75) is 32.2 Å².